The minimum Gasteiger partial charge on any atom is -0.462 e. The zero-order chi connectivity index (χ0) is 24.5. The van der Waals surface area contributed by atoms with Gasteiger partial charge < -0.3 is 15.0 Å². The summed E-state index contributed by atoms with van der Waals surface area (Å²) in [7, 11) is -1.59. The van der Waals surface area contributed by atoms with E-state index in [2.05, 4.69) is 10.2 Å². The normalized spacial score (nSPS) is 18.9. The Morgan fingerprint density at radius 3 is 2.54 bits per heavy atom. The van der Waals surface area contributed by atoms with Crippen LogP contribution in [0.2, 0.25) is 0 Å². The highest BCUT2D eigenvalue weighted by molar-refractivity contribution is 7.89. The van der Waals surface area contributed by atoms with Crippen LogP contribution in [0.4, 0.5) is 5.00 Å². The number of halogens is 1. The van der Waals surface area contributed by atoms with Crippen LogP contribution in [0.15, 0.2) is 29.2 Å². The lowest BCUT2D eigenvalue weighted by molar-refractivity contribution is 0.0526. The molecule has 1 saturated heterocycles. The van der Waals surface area contributed by atoms with Crippen LogP contribution in [0, 0.1) is 0 Å². The standard InChI is InChI=1S/C24H31N3O5S2.ClH/c1-4-32-24(29)21-19-12-14-26(3)15-20(19)33-23(21)25-22(28)17-8-10-18(11-9-17)34(30,31)27-13-6-5-7-16(27)2;/h8-11,16H,4-7,12-15H2,1-3H3,(H,25,28);1H. The smallest absolute Gasteiger partial charge is 0.341 e. The van der Waals surface area contributed by atoms with Crippen LogP contribution >= 0.6 is 23.7 Å². The van der Waals surface area contributed by atoms with Gasteiger partial charge in [0.25, 0.3) is 5.91 Å². The lowest BCUT2D eigenvalue weighted by Crippen LogP contribution is -2.41. The second-order valence-corrected chi connectivity index (χ2v) is 11.9. The number of rotatable bonds is 6. The van der Waals surface area contributed by atoms with Gasteiger partial charge in [0, 0.05) is 36.1 Å². The molecule has 1 atom stereocenters. The molecule has 1 N–H and O–H groups in total. The predicted molar refractivity (Wildman–Crippen MR) is 139 cm³/mol. The summed E-state index contributed by atoms with van der Waals surface area (Å²) < 4.78 is 32.9. The van der Waals surface area contributed by atoms with Crippen molar-refractivity contribution in [1.29, 1.82) is 0 Å². The van der Waals surface area contributed by atoms with Crippen LogP contribution in [0.1, 0.15) is 64.3 Å². The molecule has 8 nitrogen and oxygen atoms in total. The summed E-state index contributed by atoms with van der Waals surface area (Å²) in [5, 5.41) is 3.34. The number of carbonyl (C=O) groups is 2. The lowest BCUT2D eigenvalue weighted by Gasteiger charge is -2.32. The van der Waals surface area contributed by atoms with Crippen LogP contribution < -0.4 is 5.32 Å². The number of piperidine rings is 1. The van der Waals surface area contributed by atoms with Crippen LogP contribution in [-0.4, -0.2) is 62.3 Å². The van der Waals surface area contributed by atoms with Crippen LogP contribution in [0.25, 0.3) is 0 Å². The van der Waals surface area contributed by atoms with E-state index in [0.717, 1.165) is 36.2 Å². The molecule has 1 amide bonds. The molecule has 3 heterocycles. The predicted octanol–water partition coefficient (Wildman–Crippen LogP) is 4.15. The molecule has 2 aromatic rings. The Bertz CT molecular complexity index is 1180. The van der Waals surface area contributed by atoms with Crippen molar-refractivity contribution >= 4 is 50.6 Å². The van der Waals surface area contributed by atoms with Gasteiger partial charge in [0.15, 0.2) is 0 Å². The number of nitrogens with one attached hydrogen (secondary N) is 1. The monoisotopic (exact) mass is 541 g/mol. The van der Waals surface area contributed by atoms with Crippen molar-refractivity contribution in [3.8, 4) is 0 Å². The van der Waals surface area contributed by atoms with Gasteiger partial charge in [-0.3, -0.25) is 4.79 Å². The largest absolute Gasteiger partial charge is 0.462 e. The number of likely N-dealkylation sites (N-methyl/N-ethyl adjacent to an activating group) is 1. The van der Waals surface area contributed by atoms with Crippen molar-refractivity contribution < 1.29 is 22.7 Å². The second-order valence-electron chi connectivity index (χ2n) is 8.86. The molecule has 1 aromatic carbocycles. The third kappa shape index (κ3) is 5.72. The summed E-state index contributed by atoms with van der Waals surface area (Å²) in [5.41, 5.74) is 1.69. The number of anilines is 1. The first kappa shape index (κ1) is 27.6. The number of hydrogen-bond acceptors (Lipinski definition) is 7. The van der Waals surface area contributed by atoms with Gasteiger partial charge in [0.2, 0.25) is 10.0 Å². The molecule has 0 spiro atoms. The third-order valence-corrected chi connectivity index (χ3v) is 9.58. The van der Waals surface area contributed by atoms with E-state index in [4.69, 9.17) is 4.74 Å². The van der Waals surface area contributed by atoms with Crippen LogP contribution in [-0.2, 0) is 27.7 Å². The zero-order valence-electron chi connectivity index (χ0n) is 20.2. The van der Waals surface area contributed by atoms with Crippen LogP contribution in [0.5, 0.6) is 0 Å². The Hall–Kier alpha value is -1.98. The van der Waals surface area contributed by atoms with Crippen molar-refractivity contribution in [3.63, 3.8) is 0 Å². The Morgan fingerprint density at radius 2 is 1.89 bits per heavy atom. The fourth-order valence-electron chi connectivity index (χ4n) is 4.56. The van der Waals surface area contributed by atoms with E-state index >= 15 is 0 Å². The van der Waals surface area contributed by atoms with E-state index in [-0.39, 0.29) is 30.0 Å². The number of amides is 1. The molecule has 0 radical (unpaired) electrons. The van der Waals surface area contributed by atoms with E-state index in [0.29, 0.717) is 35.6 Å². The number of sulfonamides is 1. The fraction of sp³-hybridized carbons (Fsp3) is 0.500. The number of carbonyl (C=O) groups excluding carboxylic acids is 2. The summed E-state index contributed by atoms with van der Waals surface area (Å²) in [6, 6.07) is 5.95. The van der Waals surface area contributed by atoms with Crippen molar-refractivity contribution in [2.24, 2.45) is 0 Å². The number of benzene rings is 1. The maximum Gasteiger partial charge on any atom is 0.341 e. The van der Waals surface area contributed by atoms with Gasteiger partial charge in [-0.15, -0.1) is 23.7 Å². The van der Waals surface area contributed by atoms with Crippen molar-refractivity contribution in [2.45, 2.75) is 57.0 Å². The van der Waals surface area contributed by atoms with E-state index in [1.165, 1.54) is 35.6 Å². The van der Waals surface area contributed by atoms with Gasteiger partial charge in [-0.25, -0.2) is 13.2 Å². The summed E-state index contributed by atoms with van der Waals surface area (Å²) in [6.07, 6.45) is 3.45. The molecule has 1 aromatic heterocycles. The van der Waals surface area contributed by atoms with Crippen molar-refractivity contribution in [2.75, 3.05) is 32.1 Å². The maximum absolute atomic E-state index is 13.1. The SMILES string of the molecule is CCOC(=O)c1c(NC(=O)c2ccc(S(=O)(=O)N3CCCCC3C)cc2)sc2c1CCN(C)C2.Cl. The van der Waals surface area contributed by atoms with Gasteiger partial charge in [0.1, 0.15) is 5.00 Å². The maximum atomic E-state index is 13.1. The Kier molecular flexibility index (Phi) is 8.98. The summed E-state index contributed by atoms with van der Waals surface area (Å²) in [4.78, 5) is 29.1. The lowest BCUT2D eigenvalue weighted by atomic mass is 10.0. The van der Waals surface area contributed by atoms with Gasteiger partial charge >= 0.3 is 5.97 Å². The van der Waals surface area contributed by atoms with Crippen LogP contribution in [0.3, 0.4) is 0 Å². The molecule has 1 fully saturated rings. The molecule has 1 unspecified atom stereocenters. The van der Waals surface area contributed by atoms with Crippen molar-refractivity contribution in [1.82, 2.24) is 9.21 Å². The van der Waals surface area contributed by atoms with E-state index in [1.807, 2.05) is 14.0 Å². The zero-order valence-corrected chi connectivity index (χ0v) is 22.7. The number of fused-ring (bicyclic) bond motifs is 1. The van der Waals surface area contributed by atoms with Gasteiger partial charge in [0.05, 0.1) is 17.1 Å². The summed E-state index contributed by atoms with van der Waals surface area (Å²) in [5.74, 6) is -0.829. The van der Waals surface area contributed by atoms with Gasteiger partial charge in [-0.05, 0) is 70.0 Å². The highest BCUT2D eigenvalue weighted by atomic mass is 35.5. The van der Waals surface area contributed by atoms with E-state index < -0.39 is 21.9 Å². The molecule has 0 aliphatic carbocycles. The third-order valence-electron chi connectivity index (χ3n) is 6.42. The molecule has 11 heteroatoms. The van der Waals surface area contributed by atoms with E-state index in [1.54, 1.807) is 11.2 Å². The minimum atomic E-state index is -3.61. The molecule has 0 bridgehead atoms. The second kappa shape index (κ2) is 11.4. The first-order valence-electron chi connectivity index (χ1n) is 11.7. The summed E-state index contributed by atoms with van der Waals surface area (Å²) in [6.45, 7) is 5.99. The molecule has 2 aliphatic heterocycles. The number of ether oxygens (including phenoxy) is 1. The number of hydrogen-bond donors (Lipinski definition) is 1. The fourth-order valence-corrected chi connectivity index (χ4v) is 7.57. The first-order valence-corrected chi connectivity index (χ1v) is 13.9. The number of nitrogens with zero attached hydrogens (tertiary/aromatic N) is 2. The molecular formula is C24H32ClN3O5S2. The quantitative estimate of drug-likeness (QED) is 0.552. The molecule has 2 aliphatic rings. The van der Waals surface area contributed by atoms with E-state index in [9.17, 15) is 18.0 Å². The van der Waals surface area contributed by atoms with Gasteiger partial charge in [-0.1, -0.05) is 6.42 Å². The number of thiophene rings is 1. The number of esters is 1. The average molecular weight is 542 g/mol. The Morgan fingerprint density at radius 1 is 1.17 bits per heavy atom. The highest BCUT2D eigenvalue weighted by Crippen LogP contribution is 2.37. The molecule has 4 rings (SSSR count). The average Bonchev–Trinajstić information content (AvgIpc) is 3.16. The summed E-state index contributed by atoms with van der Waals surface area (Å²) >= 11 is 1.39. The molecule has 0 saturated carbocycles. The molecule has 35 heavy (non-hydrogen) atoms. The molecular weight excluding hydrogens is 510 g/mol. The molecule has 192 valence electrons. The van der Waals surface area contributed by atoms with Crippen molar-refractivity contribution in [3.05, 3.63) is 45.8 Å². The topological polar surface area (TPSA) is 96.0 Å². The van der Waals surface area contributed by atoms with Gasteiger partial charge in [-0.2, -0.15) is 4.31 Å². The first-order chi connectivity index (χ1) is 16.2. The Labute approximate surface area is 217 Å². The highest BCUT2D eigenvalue weighted by Gasteiger charge is 2.31. The Balaban J connectivity index is 0.00000342. The minimum absolute atomic E-state index is 0.